The van der Waals surface area contributed by atoms with Crippen LogP contribution in [0.3, 0.4) is 0 Å². The predicted molar refractivity (Wildman–Crippen MR) is 177 cm³/mol. The number of rotatable bonds is 18. The van der Waals surface area contributed by atoms with Crippen molar-refractivity contribution in [1.82, 2.24) is 16.0 Å². The Morgan fingerprint density at radius 1 is 0.708 bits per heavy atom. The lowest BCUT2D eigenvalue weighted by atomic mass is 9.97. The minimum Gasteiger partial charge on any atom is -0.461 e. The third-order valence-corrected chi connectivity index (χ3v) is 7.22. The van der Waals surface area contributed by atoms with Gasteiger partial charge in [-0.1, -0.05) is 80.9 Å². The molecule has 0 aromatic heterocycles. The van der Waals surface area contributed by atoms with Crippen molar-refractivity contribution in [3.8, 4) is 0 Å². The average Bonchev–Trinajstić information content (AvgIpc) is 3.04. The van der Waals surface area contributed by atoms with E-state index in [1.165, 1.54) is 0 Å². The maximum absolute atomic E-state index is 13.5. The molecular formula is C35H48N4O9. The third-order valence-electron chi connectivity index (χ3n) is 7.22. The van der Waals surface area contributed by atoms with Gasteiger partial charge in [0.1, 0.15) is 36.9 Å². The van der Waals surface area contributed by atoms with Crippen LogP contribution in [0, 0.1) is 5.92 Å². The van der Waals surface area contributed by atoms with Crippen LogP contribution < -0.4 is 21.7 Å². The molecule has 13 heteroatoms. The van der Waals surface area contributed by atoms with Crippen LogP contribution in [0.2, 0.25) is 0 Å². The van der Waals surface area contributed by atoms with Crippen LogP contribution >= 0.6 is 0 Å². The number of primary amides is 1. The van der Waals surface area contributed by atoms with E-state index in [9.17, 15) is 28.8 Å². The highest BCUT2D eigenvalue weighted by atomic mass is 16.6. The molecule has 4 amide bonds. The number of hydrogen-bond acceptors (Lipinski definition) is 9. The summed E-state index contributed by atoms with van der Waals surface area (Å²) in [4.78, 5) is 76.8. The molecule has 48 heavy (non-hydrogen) atoms. The second-order valence-corrected chi connectivity index (χ2v) is 12.4. The Balaban J connectivity index is 2.14. The molecule has 5 N–H and O–H groups in total. The van der Waals surface area contributed by atoms with Gasteiger partial charge in [-0.2, -0.15) is 0 Å². The van der Waals surface area contributed by atoms with Gasteiger partial charge in [0.25, 0.3) is 0 Å². The minimum absolute atomic E-state index is 0.0168. The largest absolute Gasteiger partial charge is 0.461 e. The summed E-state index contributed by atoms with van der Waals surface area (Å²) in [7, 11) is 0. The van der Waals surface area contributed by atoms with Gasteiger partial charge in [0.15, 0.2) is 0 Å². The Kier molecular flexibility index (Phi) is 16.1. The van der Waals surface area contributed by atoms with Gasteiger partial charge in [0.2, 0.25) is 17.7 Å². The monoisotopic (exact) mass is 668 g/mol. The van der Waals surface area contributed by atoms with Crippen molar-refractivity contribution in [2.45, 2.75) is 104 Å². The normalized spacial score (nSPS) is 13.5. The first-order valence-electron chi connectivity index (χ1n) is 16.0. The van der Waals surface area contributed by atoms with E-state index < -0.39 is 59.5 Å². The smallest absolute Gasteiger partial charge is 0.408 e. The number of benzene rings is 2. The Morgan fingerprint density at radius 3 is 1.60 bits per heavy atom. The molecule has 0 aliphatic heterocycles. The molecule has 0 radical (unpaired) electrons. The highest BCUT2D eigenvalue weighted by Gasteiger charge is 2.33. The van der Waals surface area contributed by atoms with Crippen molar-refractivity contribution >= 4 is 35.8 Å². The number of hydrogen-bond donors (Lipinski definition) is 4. The first kappa shape index (κ1) is 39.2. The Bertz CT molecular complexity index is 1360. The second-order valence-electron chi connectivity index (χ2n) is 12.4. The molecule has 2 aromatic rings. The number of carbonyl (C=O) groups excluding carboxylic acids is 6. The van der Waals surface area contributed by atoms with Crippen molar-refractivity contribution in [3.05, 3.63) is 71.8 Å². The van der Waals surface area contributed by atoms with Crippen molar-refractivity contribution < 1.29 is 43.0 Å². The summed E-state index contributed by atoms with van der Waals surface area (Å²) in [6.07, 6.45) is -1.16. The number of carbonyl (C=O) groups is 6. The molecule has 2 aromatic carbocycles. The lowest BCUT2D eigenvalue weighted by Crippen LogP contribution is -2.58. The predicted octanol–water partition coefficient (Wildman–Crippen LogP) is 3.43. The van der Waals surface area contributed by atoms with Crippen LogP contribution in [0.1, 0.15) is 77.8 Å². The van der Waals surface area contributed by atoms with Crippen LogP contribution in [0.15, 0.2) is 60.7 Å². The molecule has 0 heterocycles. The molecular weight excluding hydrogens is 620 g/mol. The summed E-state index contributed by atoms with van der Waals surface area (Å²) in [5, 5.41) is 7.66. The van der Waals surface area contributed by atoms with E-state index in [-0.39, 0.29) is 44.8 Å². The summed E-state index contributed by atoms with van der Waals surface area (Å²) in [5.74, 6) is -4.01. The van der Waals surface area contributed by atoms with E-state index in [4.69, 9.17) is 19.9 Å². The van der Waals surface area contributed by atoms with Crippen LogP contribution in [0.5, 0.6) is 0 Å². The van der Waals surface area contributed by atoms with Gasteiger partial charge in [-0.3, -0.25) is 24.0 Å². The van der Waals surface area contributed by atoms with Crippen molar-refractivity contribution in [1.29, 1.82) is 0 Å². The topological polar surface area (TPSA) is 192 Å². The van der Waals surface area contributed by atoms with Crippen molar-refractivity contribution in [3.63, 3.8) is 0 Å². The van der Waals surface area contributed by atoms with Crippen LogP contribution in [0.4, 0.5) is 4.79 Å². The zero-order chi connectivity index (χ0) is 35.7. The maximum atomic E-state index is 13.5. The highest BCUT2D eigenvalue weighted by Crippen LogP contribution is 2.13. The summed E-state index contributed by atoms with van der Waals surface area (Å²) in [6, 6.07) is 14.3. The molecule has 2 rings (SSSR count). The van der Waals surface area contributed by atoms with Crippen molar-refractivity contribution in [2.24, 2.45) is 11.7 Å². The van der Waals surface area contributed by atoms with Gasteiger partial charge in [-0.05, 0) is 50.7 Å². The van der Waals surface area contributed by atoms with Gasteiger partial charge in [0, 0.05) is 12.8 Å². The molecule has 4 atom stereocenters. The van der Waals surface area contributed by atoms with Crippen molar-refractivity contribution in [2.75, 3.05) is 0 Å². The fraction of sp³-hybridized carbons (Fsp3) is 0.486. The zero-order valence-corrected chi connectivity index (χ0v) is 28.3. The van der Waals surface area contributed by atoms with Crippen LogP contribution in [0.25, 0.3) is 0 Å². The SMILES string of the molecule is CC[C@H](C)[C@H](NC(=O)OC(C)(C)C)C(=O)N[C@H](CCC(=O)OCc1ccccc1)C(=O)N[C@H](CCC(=O)OCc1ccccc1)C(N)=O. The number of alkyl carbamates (subject to hydrolysis) is 1. The quantitative estimate of drug-likeness (QED) is 0.136. The maximum Gasteiger partial charge on any atom is 0.408 e. The van der Waals surface area contributed by atoms with E-state index >= 15 is 0 Å². The number of nitrogens with one attached hydrogen (secondary N) is 3. The van der Waals surface area contributed by atoms with Crippen LogP contribution in [-0.4, -0.2) is 59.5 Å². The number of esters is 2. The van der Waals surface area contributed by atoms with E-state index in [1.54, 1.807) is 76.2 Å². The molecule has 0 saturated heterocycles. The second kappa shape index (κ2) is 19.7. The highest BCUT2D eigenvalue weighted by molar-refractivity contribution is 5.94. The molecule has 262 valence electrons. The lowest BCUT2D eigenvalue weighted by molar-refractivity contribution is -0.146. The minimum atomic E-state index is -1.33. The third kappa shape index (κ3) is 15.1. The van der Waals surface area contributed by atoms with Gasteiger partial charge in [0.05, 0.1) is 0 Å². The van der Waals surface area contributed by atoms with E-state index in [2.05, 4.69) is 16.0 Å². The fourth-order valence-corrected chi connectivity index (χ4v) is 4.37. The van der Waals surface area contributed by atoms with Gasteiger partial charge in [-0.25, -0.2) is 4.79 Å². The van der Waals surface area contributed by atoms with Gasteiger partial charge in [-0.15, -0.1) is 0 Å². The Hall–Kier alpha value is -4.94. The molecule has 0 fully saturated rings. The van der Waals surface area contributed by atoms with E-state index in [1.807, 2.05) is 19.1 Å². The zero-order valence-electron chi connectivity index (χ0n) is 28.3. The standard InChI is InChI=1S/C35H48N4O9/c1-6-23(2)30(39-34(45)48-35(3,4)5)33(44)38-27(18-20-29(41)47-22-25-15-11-8-12-16-25)32(43)37-26(31(36)42)17-19-28(40)46-21-24-13-9-7-10-14-24/h7-16,23,26-27,30H,6,17-22H2,1-5H3,(H2,36,42)(H,37,43)(H,38,44)(H,39,45)/t23-,26+,27+,30-/m0/s1. The van der Waals surface area contributed by atoms with Crippen LogP contribution in [-0.2, 0) is 51.4 Å². The molecule has 0 unspecified atom stereocenters. The lowest BCUT2D eigenvalue weighted by Gasteiger charge is -2.28. The van der Waals surface area contributed by atoms with E-state index in [0.717, 1.165) is 11.1 Å². The average molecular weight is 669 g/mol. The summed E-state index contributed by atoms with van der Waals surface area (Å²) in [6.45, 7) is 8.68. The number of nitrogens with two attached hydrogens (primary N) is 1. The summed E-state index contributed by atoms with van der Waals surface area (Å²) < 4.78 is 15.9. The molecule has 0 bridgehead atoms. The Morgan fingerprint density at radius 2 is 1.17 bits per heavy atom. The fourth-order valence-electron chi connectivity index (χ4n) is 4.37. The summed E-state index contributed by atoms with van der Waals surface area (Å²) >= 11 is 0. The molecule has 0 aliphatic rings. The number of amides is 4. The molecule has 0 saturated carbocycles. The first-order chi connectivity index (χ1) is 22.7. The first-order valence-corrected chi connectivity index (χ1v) is 16.0. The molecule has 0 spiro atoms. The van der Waals surface area contributed by atoms with Gasteiger partial charge < -0.3 is 35.9 Å². The molecule has 13 nitrogen and oxygen atoms in total. The Labute approximate surface area is 281 Å². The van der Waals surface area contributed by atoms with Gasteiger partial charge >= 0.3 is 18.0 Å². The van der Waals surface area contributed by atoms with E-state index in [0.29, 0.717) is 6.42 Å². The number of ether oxygens (including phenoxy) is 3. The summed E-state index contributed by atoms with van der Waals surface area (Å²) in [5.41, 5.74) is 6.27. The molecule has 0 aliphatic carbocycles.